The Kier molecular flexibility index (Phi) is 4.88. The van der Waals surface area contributed by atoms with E-state index in [1.807, 2.05) is 0 Å². The quantitative estimate of drug-likeness (QED) is 0.503. The predicted molar refractivity (Wildman–Crippen MR) is 72.7 cm³/mol. The molecule has 1 saturated carbocycles. The van der Waals surface area contributed by atoms with E-state index in [4.69, 9.17) is 5.84 Å². The standard InChI is InChI=1S/C15H20F4N2/c1-9-6-7-10(16)8-12(9)14(21-20)11-4-2-3-5-13(11)15(17,18)19/h6-8,11,13-14,21H,2-5,20H2,1H3. The number of alkyl halides is 3. The van der Waals surface area contributed by atoms with E-state index in [0.29, 0.717) is 18.4 Å². The molecule has 1 aliphatic rings. The first-order valence-electron chi connectivity index (χ1n) is 7.13. The third-order valence-corrected chi connectivity index (χ3v) is 4.42. The van der Waals surface area contributed by atoms with Gasteiger partial charge in [-0.3, -0.25) is 11.3 Å². The van der Waals surface area contributed by atoms with Crippen molar-refractivity contribution < 1.29 is 17.6 Å². The summed E-state index contributed by atoms with van der Waals surface area (Å²) < 4.78 is 53.2. The van der Waals surface area contributed by atoms with Crippen LogP contribution in [0.4, 0.5) is 17.6 Å². The van der Waals surface area contributed by atoms with Gasteiger partial charge in [0.1, 0.15) is 5.82 Å². The van der Waals surface area contributed by atoms with Gasteiger partial charge < -0.3 is 0 Å². The van der Waals surface area contributed by atoms with E-state index in [-0.39, 0.29) is 6.42 Å². The first kappa shape index (κ1) is 16.2. The van der Waals surface area contributed by atoms with Gasteiger partial charge in [-0.15, -0.1) is 0 Å². The molecule has 0 heterocycles. The first-order chi connectivity index (χ1) is 9.84. The van der Waals surface area contributed by atoms with Gasteiger partial charge in [-0.1, -0.05) is 18.9 Å². The van der Waals surface area contributed by atoms with Crippen molar-refractivity contribution in [3.05, 3.63) is 35.1 Å². The van der Waals surface area contributed by atoms with Crippen molar-refractivity contribution in [2.24, 2.45) is 17.7 Å². The number of hydrazine groups is 1. The summed E-state index contributed by atoms with van der Waals surface area (Å²) in [5, 5.41) is 0. The van der Waals surface area contributed by atoms with Gasteiger partial charge in [0.25, 0.3) is 0 Å². The third-order valence-electron chi connectivity index (χ3n) is 4.42. The van der Waals surface area contributed by atoms with Crippen molar-refractivity contribution in [2.45, 2.75) is 44.8 Å². The van der Waals surface area contributed by atoms with Crippen molar-refractivity contribution in [3.8, 4) is 0 Å². The van der Waals surface area contributed by atoms with Crippen LogP contribution in [0.25, 0.3) is 0 Å². The van der Waals surface area contributed by atoms with Crippen molar-refractivity contribution in [1.29, 1.82) is 0 Å². The van der Waals surface area contributed by atoms with E-state index in [9.17, 15) is 17.6 Å². The fraction of sp³-hybridized carbons (Fsp3) is 0.600. The summed E-state index contributed by atoms with van der Waals surface area (Å²) in [6.45, 7) is 1.75. The van der Waals surface area contributed by atoms with Crippen LogP contribution in [-0.4, -0.2) is 6.18 Å². The van der Waals surface area contributed by atoms with Crippen molar-refractivity contribution >= 4 is 0 Å². The molecule has 0 aromatic heterocycles. The molecule has 3 atom stereocenters. The van der Waals surface area contributed by atoms with Gasteiger partial charge in [-0.2, -0.15) is 13.2 Å². The summed E-state index contributed by atoms with van der Waals surface area (Å²) in [4.78, 5) is 0. The van der Waals surface area contributed by atoms with Crippen molar-refractivity contribution in [2.75, 3.05) is 0 Å². The summed E-state index contributed by atoms with van der Waals surface area (Å²) in [6, 6.07) is 3.46. The second kappa shape index (κ2) is 6.32. The van der Waals surface area contributed by atoms with E-state index in [0.717, 1.165) is 12.0 Å². The third kappa shape index (κ3) is 3.55. The van der Waals surface area contributed by atoms with Crippen LogP contribution in [0.2, 0.25) is 0 Å². The fourth-order valence-electron chi connectivity index (χ4n) is 3.36. The van der Waals surface area contributed by atoms with E-state index in [1.54, 1.807) is 13.0 Å². The Morgan fingerprint density at radius 1 is 1.24 bits per heavy atom. The van der Waals surface area contributed by atoms with E-state index in [2.05, 4.69) is 5.43 Å². The number of nitrogens with two attached hydrogens (primary N) is 1. The van der Waals surface area contributed by atoms with Gasteiger partial charge in [-0.05, 0) is 48.9 Å². The maximum absolute atomic E-state index is 13.5. The molecule has 6 heteroatoms. The monoisotopic (exact) mass is 304 g/mol. The van der Waals surface area contributed by atoms with E-state index >= 15 is 0 Å². The molecule has 3 unspecified atom stereocenters. The lowest BCUT2D eigenvalue weighted by Crippen LogP contribution is -2.43. The van der Waals surface area contributed by atoms with Gasteiger partial charge in [0.05, 0.1) is 5.92 Å². The topological polar surface area (TPSA) is 38.0 Å². The molecular formula is C15H20F4N2. The zero-order valence-electron chi connectivity index (χ0n) is 11.9. The Morgan fingerprint density at radius 2 is 1.90 bits per heavy atom. The molecule has 0 amide bonds. The minimum absolute atomic E-state index is 0.112. The van der Waals surface area contributed by atoms with Crippen LogP contribution >= 0.6 is 0 Å². The molecule has 0 aliphatic heterocycles. The van der Waals surface area contributed by atoms with Crippen LogP contribution in [0, 0.1) is 24.6 Å². The molecule has 1 aromatic rings. The van der Waals surface area contributed by atoms with Gasteiger partial charge in [-0.25, -0.2) is 4.39 Å². The van der Waals surface area contributed by atoms with Gasteiger partial charge in [0.15, 0.2) is 0 Å². The molecule has 0 spiro atoms. The van der Waals surface area contributed by atoms with Crippen molar-refractivity contribution in [3.63, 3.8) is 0 Å². The number of halogens is 4. The fourth-order valence-corrected chi connectivity index (χ4v) is 3.36. The molecule has 2 nitrogen and oxygen atoms in total. The lowest BCUT2D eigenvalue weighted by molar-refractivity contribution is -0.199. The largest absolute Gasteiger partial charge is 0.392 e. The number of benzene rings is 1. The van der Waals surface area contributed by atoms with E-state index < -0.39 is 29.9 Å². The van der Waals surface area contributed by atoms with Gasteiger partial charge in [0.2, 0.25) is 0 Å². The smallest absolute Gasteiger partial charge is 0.271 e. The minimum atomic E-state index is -4.25. The van der Waals surface area contributed by atoms with E-state index in [1.165, 1.54) is 12.1 Å². The average molecular weight is 304 g/mol. The molecule has 0 bridgehead atoms. The Bertz CT molecular complexity index is 487. The molecule has 3 N–H and O–H groups in total. The molecular weight excluding hydrogens is 284 g/mol. The van der Waals surface area contributed by atoms with Crippen LogP contribution < -0.4 is 11.3 Å². The molecule has 1 aromatic carbocycles. The zero-order chi connectivity index (χ0) is 15.6. The highest BCUT2D eigenvalue weighted by molar-refractivity contribution is 5.30. The molecule has 0 saturated heterocycles. The number of rotatable bonds is 3. The maximum Gasteiger partial charge on any atom is 0.392 e. The van der Waals surface area contributed by atoms with Crippen LogP contribution in [-0.2, 0) is 0 Å². The molecule has 2 rings (SSSR count). The summed E-state index contributed by atoms with van der Waals surface area (Å²) in [5.41, 5.74) is 3.75. The summed E-state index contributed by atoms with van der Waals surface area (Å²) >= 11 is 0. The summed E-state index contributed by atoms with van der Waals surface area (Å²) in [7, 11) is 0. The zero-order valence-corrected chi connectivity index (χ0v) is 11.9. The van der Waals surface area contributed by atoms with Crippen LogP contribution in [0.5, 0.6) is 0 Å². The second-order valence-electron chi connectivity index (χ2n) is 5.74. The maximum atomic E-state index is 13.5. The number of aryl methyl sites for hydroxylation is 1. The molecule has 0 radical (unpaired) electrons. The average Bonchev–Trinajstić information content (AvgIpc) is 2.43. The SMILES string of the molecule is Cc1ccc(F)cc1C(NN)C1CCCCC1C(F)(F)F. The molecule has 1 fully saturated rings. The summed E-state index contributed by atoms with van der Waals surface area (Å²) in [6.07, 6.45) is -2.39. The number of nitrogens with one attached hydrogen (secondary N) is 1. The lowest BCUT2D eigenvalue weighted by atomic mass is 9.72. The van der Waals surface area contributed by atoms with Gasteiger partial charge in [0, 0.05) is 6.04 Å². The van der Waals surface area contributed by atoms with Crippen LogP contribution in [0.15, 0.2) is 18.2 Å². The Balaban J connectivity index is 2.36. The van der Waals surface area contributed by atoms with Crippen molar-refractivity contribution in [1.82, 2.24) is 5.43 Å². The highest BCUT2D eigenvalue weighted by atomic mass is 19.4. The van der Waals surface area contributed by atoms with Crippen LogP contribution in [0.3, 0.4) is 0 Å². The van der Waals surface area contributed by atoms with Crippen LogP contribution in [0.1, 0.15) is 42.9 Å². The second-order valence-corrected chi connectivity index (χ2v) is 5.74. The number of hydrogen-bond donors (Lipinski definition) is 2. The lowest BCUT2D eigenvalue weighted by Gasteiger charge is -2.38. The molecule has 1 aliphatic carbocycles. The minimum Gasteiger partial charge on any atom is -0.271 e. The Hall–Kier alpha value is -1.14. The normalized spacial score (nSPS) is 24.9. The highest BCUT2D eigenvalue weighted by Crippen LogP contribution is 2.46. The Labute approximate surface area is 121 Å². The predicted octanol–water partition coefficient (Wildman–Crippen LogP) is 4.01. The molecule has 21 heavy (non-hydrogen) atoms. The molecule has 118 valence electrons. The van der Waals surface area contributed by atoms with Gasteiger partial charge >= 0.3 is 6.18 Å². The summed E-state index contributed by atoms with van der Waals surface area (Å²) in [5.74, 6) is 3.00. The Morgan fingerprint density at radius 3 is 2.52 bits per heavy atom. The highest BCUT2D eigenvalue weighted by Gasteiger charge is 2.48. The number of hydrogen-bond acceptors (Lipinski definition) is 2. The first-order valence-corrected chi connectivity index (χ1v) is 7.13.